The van der Waals surface area contributed by atoms with Gasteiger partial charge in [0.15, 0.2) is 0 Å². The Morgan fingerprint density at radius 1 is 0.872 bits per heavy atom. The number of rotatable bonds is 5. The highest BCUT2D eigenvalue weighted by molar-refractivity contribution is 7.90. The molecule has 3 aromatic carbocycles. The van der Waals surface area contributed by atoms with E-state index in [1.54, 1.807) is 18.2 Å². The van der Waals surface area contributed by atoms with Crippen LogP contribution in [0.1, 0.15) is 24.8 Å². The number of fused-ring (bicyclic) bond motifs is 1. The number of primary sulfonamides is 1. The Morgan fingerprint density at radius 3 is 2.13 bits per heavy atom. The molecule has 0 bridgehead atoms. The minimum Gasteiger partial charge on any atom is -0.398 e. The van der Waals surface area contributed by atoms with Gasteiger partial charge in [-0.3, -0.25) is 0 Å². The third-order valence-corrected chi connectivity index (χ3v) is 10.7. The van der Waals surface area contributed by atoms with Crippen molar-refractivity contribution in [1.29, 1.82) is 0 Å². The standard InChI is InChI=1S/C19H23N3O4S2.C6H8N2O2S/c23-27(24)18-14-16(28(25,26)22-11-5-2-6-12-22)9-10-17(18)20-19(21-27)13-15-7-3-1-4-8-15;7-5-3-1-2-4-6(5)11(8,9)10/h1,3-4,7-10,14,19-21H,2,5-6,11-13H2;1-4H,7H2,(H2,8,9,10). The summed E-state index contributed by atoms with van der Waals surface area (Å²) in [4.78, 5) is -0.0447. The number of sulfonamides is 3. The maximum Gasteiger partial charge on any atom is 0.244 e. The first-order valence-electron chi connectivity index (χ1n) is 12.2. The number of para-hydroxylation sites is 1. The van der Waals surface area contributed by atoms with E-state index in [9.17, 15) is 25.3 Å². The molecule has 0 aromatic heterocycles. The minimum absolute atomic E-state index is 0.0156. The monoisotopic (exact) mass is 593 g/mol. The maximum atomic E-state index is 12.9. The van der Waals surface area contributed by atoms with Crippen molar-refractivity contribution in [1.82, 2.24) is 9.03 Å². The lowest BCUT2D eigenvalue weighted by Crippen LogP contribution is -2.46. The van der Waals surface area contributed by atoms with Gasteiger partial charge in [0.25, 0.3) is 0 Å². The average molecular weight is 594 g/mol. The Bertz CT molecular complexity index is 1640. The summed E-state index contributed by atoms with van der Waals surface area (Å²) >= 11 is 0. The van der Waals surface area contributed by atoms with Crippen LogP contribution in [0.5, 0.6) is 0 Å². The van der Waals surface area contributed by atoms with Crippen molar-refractivity contribution in [3.05, 3.63) is 78.4 Å². The van der Waals surface area contributed by atoms with E-state index >= 15 is 0 Å². The van der Waals surface area contributed by atoms with Crippen LogP contribution >= 0.6 is 0 Å². The summed E-state index contributed by atoms with van der Waals surface area (Å²) in [6.07, 6.45) is 2.65. The molecule has 0 aliphatic carbocycles. The normalized spacial score (nSPS) is 19.2. The summed E-state index contributed by atoms with van der Waals surface area (Å²) in [7, 11) is -11.2. The van der Waals surface area contributed by atoms with Crippen molar-refractivity contribution in [2.45, 2.75) is 46.5 Å². The van der Waals surface area contributed by atoms with E-state index in [1.165, 1.54) is 28.6 Å². The minimum atomic E-state index is -3.82. The quantitative estimate of drug-likeness (QED) is 0.324. The largest absolute Gasteiger partial charge is 0.398 e. The van der Waals surface area contributed by atoms with E-state index in [2.05, 4.69) is 10.0 Å². The molecule has 0 amide bonds. The van der Waals surface area contributed by atoms with E-state index in [-0.39, 0.29) is 20.4 Å². The highest BCUT2D eigenvalue weighted by Crippen LogP contribution is 2.31. The summed E-state index contributed by atoms with van der Waals surface area (Å²) in [5, 5.41) is 8.01. The molecule has 2 aliphatic rings. The van der Waals surface area contributed by atoms with Crippen LogP contribution in [-0.2, 0) is 36.5 Å². The number of piperidine rings is 1. The second-order valence-corrected chi connectivity index (χ2v) is 14.4. The molecular formula is C25H31N5O6S3. The molecule has 6 N–H and O–H groups in total. The Kier molecular flexibility index (Phi) is 8.63. The molecule has 5 rings (SSSR count). The van der Waals surface area contributed by atoms with Gasteiger partial charge < -0.3 is 11.1 Å². The smallest absolute Gasteiger partial charge is 0.244 e. The van der Waals surface area contributed by atoms with Crippen LogP contribution in [0.4, 0.5) is 11.4 Å². The Balaban J connectivity index is 0.000000270. The first-order valence-corrected chi connectivity index (χ1v) is 16.7. The molecule has 210 valence electrons. The van der Waals surface area contributed by atoms with Gasteiger partial charge in [-0.25, -0.2) is 30.4 Å². The fraction of sp³-hybridized carbons (Fsp3) is 0.280. The van der Waals surface area contributed by atoms with Crippen molar-refractivity contribution < 1.29 is 25.3 Å². The summed E-state index contributed by atoms with van der Waals surface area (Å²) < 4.78 is 76.8. The Labute approximate surface area is 229 Å². The molecule has 1 saturated heterocycles. The fourth-order valence-electron chi connectivity index (χ4n) is 4.41. The zero-order valence-electron chi connectivity index (χ0n) is 21.0. The first kappa shape index (κ1) is 29.0. The molecule has 2 heterocycles. The zero-order valence-corrected chi connectivity index (χ0v) is 23.5. The SMILES string of the molecule is Nc1ccccc1S(N)(=O)=O.O=S1(=O)NC(Cc2ccccc2)Nc2ccc(S(=O)(=O)N3CCCCC3)cc21. The van der Waals surface area contributed by atoms with Gasteiger partial charge in [-0.1, -0.05) is 48.9 Å². The second kappa shape index (κ2) is 11.6. The van der Waals surface area contributed by atoms with Crippen LogP contribution in [0.15, 0.2) is 87.5 Å². The van der Waals surface area contributed by atoms with Crippen LogP contribution in [0, 0.1) is 0 Å². The van der Waals surface area contributed by atoms with Crippen molar-refractivity contribution in [3.63, 3.8) is 0 Å². The number of nitrogen functional groups attached to an aromatic ring is 1. The van der Waals surface area contributed by atoms with Crippen LogP contribution in [0.3, 0.4) is 0 Å². The average Bonchev–Trinajstić information content (AvgIpc) is 2.89. The van der Waals surface area contributed by atoms with Crippen LogP contribution in [-0.4, -0.2) is 48.8 Å². The molecular weight excluding hydrogens is 563 g/mol. The molecule has 11 nitrogen and oxygen atoms in total. The summed E-state index contributed by atoms with van der Waals surface area (Å²) in [5.74, 6) is 0. The lowest BCUT2D eigenvalue weighted by atomic mass is 10.1. The molecule has 0 radical (unpaired) electrons. The Morgan fingerprint density at radius 2 is 1.51 bits per heavy atom. The van der Waals surface area contributed by atoms with Crippen molar-refractivity contribution in [2.75, 3.05) is 24.1 Å². The molecule has 39 heavy (non-hydrogen) atoms. The molecule has 1 unspecified atom stereocenters. The van der Waals surface area contributed by atoms with Gasteiger partial charge in [-0.15, -0.1) is 0 Å². The van der Waals surface area contributed by atoms with Gasteiger partial charge in [0.1, 0.15) is 9.79 Å². The van der Waals surface area contributed by atoms with Crippen molar-refractivity contribution in [3.8, 4) is 0 Å². The Hall–Kier alpha value is -3.01. The molecule has 3 aromatic rings. The van der Waals surface area contributed by atoms with Crippen molar-refractivity contribution in [2.24, 2.45) is 5.14 Å². The number of nitrogens with two attached hydrogens (primary N) is 2. The molecule has 0 saturated carbocycles. The summed E-state index contributed by atoms with van der Waals surface area (Å²) in [5.41, 5.74) is 6.93. The number of hydrogen-bond donors (Lipinski definition) is 4. The van der Waals surface area contributed by atoms with E-state index < -0.39 is 36.2 Å². The van der Waals surface area contributed by atoms with Gasteiger partial charge in [0.2, 0.25) is 30.1 Å². The third-order valence-electron chi connectivity index (χ3n) is 6.33. The first-order chi connectivity index (χ1) is 18.4. The lowest BCUT2D eigenvalue weighted by Gasteiger charge is -2.29. The van der Waals surface area contributed by atoms with E-state index in [1.807, 2.05) is 30.3 Å². The molecule has 1 atom stereocenters. The molecule has 14 heteroatoms. The molecule has 2 aliphatic heterocycles. The lowest BCUT2D eigenvalue weighted by molar-refractivity contribution is 0.346. The number of anilines is 2. The van der Waals surface area contributed by atoms with Crippen LogP contribution in [0.25, 0.3) is 0 Å². The summed E-state index contributed by atoms with van der Waals surface area (Å²) in [6, 6.07) is 19.9. The van der Waals surface area contributed by atoms with Gasteiger partial charge in [0, 0.05) is 19.5 Å². The number of benzene rings is 3. The highest BCUT2D eigenvalue weighted by Gasteiger charge is 2.33. The highest BCUT2D eigenvalue weighted by atomic mass is 32.2. The predicted octanol–water partition coefficient (Wildman–Crippen LogP) is 2.05. The third kappa shape index (κ3) is 6.96. The topological polar surface area (TPSA) is 182 Å². The number of nitrogens with one attached hydrogen (secondary N) is 2. The number of hydrogen-bond acceptors (Lipinski definition) is 8. The predicted molar refractivity (Wildman–Crippen MR) is 149 cm³/mol. The van der Waals surface area contributed by atoms with Gasteiger partial charge in [-0.05, 0) is 48.7 Å². The van der Waals surface area contributed by atoms with E-state index in [4.69, 9.17) is 10.9 Å². The maximum absolute atomic E-state index is 12.9. The second-order valence-electron chi connectivity index (χ2n) is 9.21. The fourth-order valence-corrected chi connectivity index (χ4v) is 8.03. The summed E-state index contributed by atoms with van der Waals surface area (Å²) in [6.45, 7) is 0.948. The zero-order chi connectivity index (χ0) is 28.3. The van der Waals surface area contributed by atoms with Crippen LogP contribution in [0.2, 0.25) is 0 Å². The van der Waals surface area contributed by atoms with E-state index in [0.717, 1.165) is 24.8 Å². The van der Waals surface area contributed by atoms with E-state index in [0.29, 0.717) is 25.2 Å². The van der Waals surface area contributed by atoms with Crippen molar-refractivity contribution >= 4 is 41.4 Å². The molecule has 0 spiro atoms. The van der Waals surface area contributed by atoms with Crippen LogP contribution < -0.4 is 20.9 Å². The van der Waals surface area contributed by atoms with Gasteiger partial charge in [-0.2, -0.15) is 9.03 Å². The molecule has 1 fully saturated rings. The van der Waals surface area contributed by atoms with Gasteiger partial charge >= 0.3 is 0 Å². The number of nitrogens with zero attached hydrogens (tertiary/aromatic N) is 1. The van der Waals surface area contributed by atoms with Gasteiger partial charge in [0.05, 0.1) is 22.4 Å².